The first-order valence-corrected chi connectivity index (χ1v) is 6.97. The molecule has 1 aliphatic heterocycles. The van der Waals surface area contributed by atoms with E-state index in [0.29, 0.717) is 11.7 Å². The average Bonchev–Trinajstić information content (AvgIpc) is 2.96. The number of rotatable bonds is 3. The van der Waals surface area contributed by atoms with Crippen molar-refractivity contribution in [3.63, 3.8) is 0 Å². The number of carbonyl (C=O) groups excluding carboxylic acids is 1. The van der Waals surface area contributed by atoms with Crippen LogP contribution in [0, 0.1) is 5.92 Å². The number of nitrogens with zero attached hydrogens (tertiary/aromatic N) is 3. The third-order valence-electron chi connectivity index (χ3n) is 3.28. The average molecular weight is 283 g/mol. The third kappa shape index (κ3) is 2.14. The molecule has 2 aliphatic rings. The summed E-state index contributed by atoms with van der Waals surface area (Å²) in [6, 6.07) is -0.811. The molecular formula is C10H13N5O3S. The van der Waals surface area contributed by atoms with Crippen molar-refractivity contribution in [2.24, 2.45) is 5.92 Å². The van der Waals surface area contributed by atoms with Crippen LogP contribution in [0.25, 0.3) is 0 Å². The van der Waals surface area contributed by atoms with Crippen LogP contribution in [0.2, 0.25) is 0 Å². The Morgan fingerprint density at radius 2 is 2.21 bits per heavy atom. The van der Waals surface area contributed by atoms with Gasteiger partial charge in [-0.05, 0) is 18.8 Å². The van der Waals surface area contributed by atoms with Gasteiger partial charge in [0, 0.05) is 5.75 Å². The Hall–Kier alpha value is -1.77. The van der Waals surface area contributed by atoms with Crippen molar-refractivity contribution in [1.29, 1.82) is 0 Å². The van der Waals surface area contributed by atoms with E-state index in [1.165, 1.54) is 16.7 Å². The fourth-order valence-corrected chi connectivity index (χ4v) is 3.84. The summed E-state index contributed by atoms with van der Waals surface area (Å²) in [4.78, 5) is 28.8. The van der Waals surface area contributed by atoms with Gasteiger partial charge in [-0.25, -0.2) is 4.79 Å². The van der Waals surface area contributed by atoms with Gasteiger partial charge < -0.3 is 15.7 Å². The monoisotopic (exact) mass is 283 g/mol. The lowest BCUT2D eigenvalue weighted by Gasteiger charge is -2.26. The topological polar surface area (TPSA) is 125 Å². The summed E-state index contributed by atoms with van der Waals surface area (Å²) in [6.45, 7) is 0. The quantitative estimate of drug-likeness (QED) is 0.699. The number of H-pyrrole nitrogens is 1. The number of aromatic amines is 1. The fraction of sp³-hybridized carbons (Fsp3) is 0.600. The lowest BCUT2D eigenvalue weighted by atomic mass is 10.2. The first-order valence-electron chi connectivity index (χ1n) is 5.93. The van der Waals surface area contributed by atoms with Gasteiger partial charge in [0.25, 0.3) is 5.91 Å². The second-order valence-corrected chi connectivity index (χ2v) is 5.82. The minimum absolute atomic E-state index is 0.00287. The number of nitrogen functional groups attached to an aromatic ring is 1. The van der Waals surface area contributed by atoms with Crippen LogP contribution in [0.1, 0.15) is 23.5 Å². The summed E-state index contributed by atoms with van der Waals surface area (Å²) in [7, 11) is 0. The number of anilines is 1. The molecule has 1 saturated carbocycles. The van der Waals surface area contributed by atoms with Gasteiger partial charge in [-0.2, -0.15) is 4.98 Å². The first kappa shape index (κ1) is 12.3. The maximum absolute atomic E-state index is 12.4. The van der Waals surface area contributed by atoms with Crippen molar-refractivity contribution in [3.05, 3.63) is 5.82 Å². The van der Waals surface area contributed by atoms with Gasteiger partial charge in [0.2, 0.25) is 11.8 Å². The highest BCUT2D eigenvalue weighted by atomic mass is 32.2. The van der Waals surface area contributed by atoms with Crippen molar-refractivity contribution in [3.8, 4) is 0 Å². The van der Waals surface area contributed by atoms with E-state index >= 15 is 0 Å². The normalized spacial score (nSPS) is 26.6. The molecule has 2 heterocycles. The Bertz CT molecular complexity index is 529. The molecule has 0 spiro atoms. The van der Waals surface area contributed by atoms with Gasteiger partial charge in [-0.1, -0.05) is 0 Å². The molecule has 1 aliphatic carbocycles. The predicted octanol–water partition coefficient (Wildman–Crippen LogP) is -0.235. The molecule has 1 saturated heterocycles. The largest absolute Gasteiger partial charge is 0.480 e. The maximum Gasteiger partial charge on any atom is 0.327 e. The Morgan fingerprint density at radius 1 is 1.47 bits per heavy atom. The summed E-state index contributed by atoms with van der Waals surface area (Å²) in [6.07, 6.45) is 2.07. The number of amides is 1. The molecule has 0 bridgehead atoms. The molecule has 1 aromatic heterocycles. The van der Waals surface area contributed by atoms with Crippen molar-refractivity contribution >= 4 is 29.6 Å². The highest BCUT2D eigenvalue weighted by molar-refractivity contribution is 8.00. The zero-order valence-corrected chi connectivity index (χ0v) is 10.8. The van der Waals surface area contributed by atoms with Crippen LogP contribution in [-0.4, -0.2) is 54.2 Å². The highest BCUT2D eigenvalue weighted by Gasteiger charge is 2.48. The van der Waals surface area contributed by atoms with E-state index in [4.69, 9.17) is 5.73 Å². The molecule has 19 heavy (non-hydrogen) atoms. The molecule has 4 N–H and O–H groups in total. The number of nitrogens with one attached hydrogen (secondary N) is 1. The van der Waals surface area contributed by atoms with Crippen LogP contribution >= 0.6 is 11.8 Å². The van der Waals surface area contributed by atoms with Crippen molar-refractivity contribution in [2.45, 2.75) is 24.3 Å². The van der Waals surface area contributed by atoms with E-state index in [2.05, 4.69) is 15.2 Å². The Labute approximate surface area is 112 Å². The van der Waals surface area contributed by atoms with Gasteiger partial charge in [-0.15, -0.1) is 16.9 Å². The van der Waals surface area contributed by atoms with Gasteiger partial charge >= 0.3 is 5.97 Å². The molecule has 2 fully saturated rings. The van der Waals surface area contributed by atoms with Crippen LogP contribution in [0.4, 0.5) is 5.95 Å². The summed E-state index contributed by atoms with van der Waals surface area (Å²) >= 11 is 1.52. The summed E-state index contributed by atoms with van der Waals surface area (Å²) < 4.78 is 0. The molecule has 102 valence electrons. The third-order valence-corrected chi connectivity index (χ3v) is 4.75. The summed E-state index contributed by atoms with van der Waals surface area (Å²) in [5.74, 6) is -0.665. The van der Waals surface area contributed by atoms with Crippen LogP contribution < -0.4 is 5.73 Å². The van der Waals surface area contributed by atoms with Crippen molar-refractivity contribution in [1.82, 2.24) is 20.1 Å². The predicted molar refractivity (Wildman–Crippen MR) is 67.4 cm³/mol. The van der Waals surface area contributed by atoms with Crippen molar-refractivity contribution < 1.29 is 14.7 Å². The standard InChI is InChI=1S/C10H13N5O3S/c11-10-12-6(13-14-10)7(16)15-5(9(17)18)3-19-8(15)4-1-2-4/h4-5,8H,1-3H2,(H,17,18)(H3,11,12,13,14). The molecule has 1 amide bonds. The number of carboxylic acid groups (broad SMARTS) is 1. The molecule has 8 nitrogen and oxygen atoms in total. The van der Waals surface area contributed by atoms with Crippen molar-refractivity contribution in [2.75, 3.05) is 11.5 Å². The summed E-state index contributed by atoms with van der Waals surface area (Å²) in [5, 5.41) is 15.2. The van der Waals surface area contributed by atoms with E-state index < -0.39 is 17.9 Å². The van der Waals surface area contributed by atoms with E-state index in [1.807, 2.05) is 0 Å². The summed E-state index contributed by atoms with van der Waals surface area (Å²) in [5.41, 5.74) is 5.37. The zero-order chi connectivity index (χ0) is 13.6. The van der Waals surface area contributed by atoms with Crippen LogP contribution in [-0.2, 0) is 4.79 Å². The Kier molecular flexibility index (Phi) is 2.85. The smallest absolute Gasteiger partial charge is 0.327 e. The molecule has 0 aromatic carbocycles. The van der Waals surface area contributed by atoms with Gasteiger partial charge in [-0.3, -0.25) is 9.89 Å². The highest BCUT2D eigenvalue weighted by Crippen LogP contribution is 2.45. The van der Waals surface area contributed by atoms with Gasteiger partial charge in [0.1, 0.15) is 6.04 Å². The SMILES string of the molecule is Nc1n[nH]c(C(=O)N2C(C(=O)O)CSC2C2CC2)n1. The molecular weight excluding hydrogens is 270 g/mol. The Morgan fingerprint density at radius 3 is 2.74 bits per heavy atom. The van der Waals surface area contributed by atoms with Gasteiger partial charge in [0.05, 0.1) is 5.37 Å². The number of carbonyl (C=O) groups is 2. The van der Waals surface area contributed by atoms with E-state index in [-0.39, 0.29) is 17.1 Å². The number of aliphatic carboxylic acids is 1. The minimum Gasteiger partial charge on any atom is -0.480 e. The van der Waals surface area contributed by atoms with E-state index in [0.717, 1.165) is 12.8 Å². The van der Waals surface area contributed by atoms with Crippen LogP contribution in [0.15, 0.2) is 0 Å². The number of hydrogen-bond acceptors (Lipinski definition) is 6. The molecule has 3 rings (SSSR count). The lowest BCUT2D eigenvalue weighted by molar-refractivity contribution is -0.141. The molecule has 9 heteroatoms. The second kappa shape index (κ2) is 4.41. The Balaban J connectivity index is 1.88. The number of carboxylic acids is 1. The maximum atomic E-state index is 12.4. The number of nitrogens with two attached hydrogens (primary N) is 1. The lowest BCUT2D eigenvalue weighted by Crippen LogP contribution is -2.46. The minimum atomic E-state index is -0.989. The van der Waals surface area contributed by atoms with Crippen LogP contribution in [0.5, 0.6) is 0 Å². The zero-order valence-electron chi connectivity index (χ0n) is 9.94. The van der Waals surface area contributed by atoms with Gasteiger partial charge in [0.15, 0.2) is 0 Å². The second-order valence-electron chi connectivity index (χ2n) is 4.67. The molecule has 2 unspecified atom stereocenters. The number of thioether (sulfide) groups is 1. The number of aromatic nitrogens is 3. The first-order chi connectivity index (χ1) is 9.08. The number of hydrogen-bond donors (Lipinski definition) is 3. The van der Waals surface area contributed by atoms with E-state index in [1.54, 1.807) is 0 Å². The molecule has 2 atom stereocenters. The molecule has 0 radical (unpaired) electrons. The molecule has 1 aromatic rings. The van der Waals surface area contributed by atoms with Crippen LogP contribution in [0.3, 0.4) is 0 Å². The van der Waals surface area contributed by atoms with E-state index in [9.17, 15) is 14.7 Å². The fourth-order valence-electron chi connectivity index (χ4n) is 2.21.